The van der Waals surface area contributed by atoms with Gasteiger partial charge in [-0.25, -0.2) is 4.98 Å². The second-order valence-electron chi connectivity index (χ2n) is 4.80. The van der Waals surface area contributed by atoms with Crippen LogP contribution in [0.3, 0.4) is 0 Å². The number of benzene rings is 2. The minimum Gasteiger partial charge on any atom is -0.485 e. The average molecular weight is 288 g/mol. The first-order valence-corrected chi connectivity index (χ1v) is 6.83. The second-order valence-corrected chi connectivity index (χ2v) is 4.80. The van der Waals surface area contributed by atoms with Crippen LogP contribution in [0.15, 0.2) is 61.1 Å². The number of aromatic amines is 1. The molecule has 2 aromatic carbocycles. The number of Topliss-reactive ketones (excluding diaryl/α,β-unsaturated/α-hetero) is 1. The summed E-state index contributed by atoms with van der Waals surface area (Å²) in [5.74, 6) is 0.510. The fraction of sp³-hybridized carbons (Fsp3) is 0.0588. The summed E-state index contributed by atoms with van der Waals surface area (Å²) in [4.78, 5) is 19.2. The molecule has 0 amide bonds. The number of hydrogen-bond donors (Lipinski definition) is 1. The standard InChI is InChI=1S/C17H13BN2O2/c18-13-5-3-4-12(8-13)16(21)10-22-17-7-2-1-6-14(17)15-9-19-11-20-15/h1-9,11H,10H2,(H,19,20). The molecule has 0 fully saturated rings. The van der Waals surface area contributed by atoms with Gasteiger partial charge in [0.05, 0.1) is 18.2 Å². The van der Waals surface area contributed by atoms with Crippen LogP contribution in [0.4, 0.5) is 0 Å². The first-order valence-electron chi connectivity index (χ1n) is 6.83. The van der Waals surface area contributed by atoms with E-state index in [4.69, 9.17) is 12.6 Å². The Kier molecular flexibility index (Phi) is 4.05. The Balaban J connectivity index is 1.76. The van der Waals surface area contributed by atoms with Crippen molar-refractivity contribution in [1.29, 1.82) is 0 Å². The Labute approximate surface area is 129 Å². The number of nitrogens with one attached hydrogen (secondary N) is 1. The first-order chi connectivity index (χ1) is 10.7. The number of ketones is 1. The third-order valence-corrected chi connectivity index (χ3v) is 3.24. The van der Waals surface area contributed by atoms with Gasteiger partial charge in [-0.3, -0.25) is 4.79 Å². The number of rotatable bonds is 5. The van der Waals surface area contributed by atoms with Gasteiger partial charge in [-0.05, 0) is 12.1 Å². The van der Waals surface area contributed by atoms with E-state index in [1.807, 2.05) is 24.3 Å². The quantitative estimate of drug-likeness (QED) is 0.578. The van der Waals surface area contributed by atoms with E-state index in [-0.39, 0.29) is 12.4 Å². The predicted octanol–water partition coefficient (Wildman–Crippen LogP) is 2.13. The highest BCUT2D eigenvalue weighted by Crippen LogP contribution is 2.27. The molecular weight excluding hydrogens is 275 g/mol. The number of H-pyrrole nitrogens is 1. The zero-order valence-electron chi connectivity index (χ0n) is 11.8. The van der Waals surface area contributed by atoms with E-state index in [0.29, 0.717) is 16.8 Å². The van der Waals surface area contributed by atoms with Gasteiger partial charge in [0.2, 0.25) is 0 Å². The van der Waals surface area contributed by atoms with E-state index in [1.165, 1.54) is 0 Å². The molecular formula is C17H13BN2O2. The van der Waals surface area contributed by atoms with Gasteiger partial charge < -0.3 is 9.72 Å². The van der Waals surface area contributed by atoms with Crippen LogP contribution in [0.25, 0.3) is 11.3 Å². The summed E-state index contributed by atoms with van der Waals surface area (Å²) in [5.41, 5.74) is 2.80. The molecule has 0 aliphatic heterocycles. The van der Waals surface area contributed by atoms with Gasteiger partial charge in [0, 0.05) is 11.1 Å². The lowest BCUT2D eigenvalue weighted by Gasteiger charge is -2.10. The van der Waals surface area contributed by atoms with Crippen molar-refractivity contribution >= 4 is 19.1 Å². The van der Waals surface area contributed by atoms with Gasteiger partial charge in [-0.2, -0.15) is 0 Å². The van der Waals surface area contributed by atoms with Crippen LogP contribution < -0.4 is 10.2 Å². The van der Waals surface area contributed by atoms with E-state index < -0.39 is 0 Å². The lowest BCUT2D eigenvalue weighted by Crippen LogP contribution is -2.14. The van der Waals surface area contributed by atoms with Gasteiger partial charge in [0.15, 0.2) is 12.4 Å². The molecule has 1 N–H and O–H groups in total. The van der Waals surface area contributed by atoms with Crippen LogP contribution in [0.5, 0.6) is 5.75 Å². The number of aromatic nitrogens is 2. The van der Waals surface area contributed by atoms with Crippen molar-refractivity contribution in [1.82, 2.24) is 9.97 Å². The Morgan fingerprint density at radius 2 is 2.05 bits per heavy atom. The van der Waals surface area contributed by atoms with E-state index in [9.17, 15) is 4.79 Å². The van der Waals surface area contributed by atoms with Crippen LogP contribution in [0.1, 0.15) is 10.4 Å². The number of imidazole rings is 1. The number of hydrogen-bond acceptors (Lipinski definition) is 3. The Bertz CT molecular complexity index is 785. The molecule has 0 bridgehead atoms. The molecule has 0 aliphatic carbocycles. The minimum absolute atomic E-state index is 0.0470. The van der Waals surface area contributed by atoms with E-state index >= 15 is 0 Å². The van der Waals surface area contributed by atoms with Crippen molar-refractivity contribution in [3.63, 3.8) is 0 Å². The molecule has 0 saturated heterocycles. The summed E-state index contributed by atoms with van der Waals surface area (Å²) < 4.78 is 5.68. The molecule has 1 aromatic heterocycles. The Morgan fingerprint density at radius 3 is 2.82 bits per heavy atom. The normalized spacial score (nSPS) is 10.4. The number of nitrogens with zero attached hydrogens (tertiary/aromatic N) is 1. The molecule has 0 saturated carbocycles. The Hall–Kier alpha value is -2.82. The lowest BCUT2D eigenvalue weighted by molar-refractivity contribution is 0.0922. The molecule has 1 heterocycles. The van der Waals surface area contributed by atoms with Gasteiger partial charge >= 0.3 is 0 Å². The van der Waals surface area contributed by atoms with Crippen LogP contribution in [-0.2, 0) is 0 Å². The maximum Gasteiger partial charge on any atom is 0.200 e. The average Bonchev–Trinajstić information content (AvgIpc) is 3.07. The molecule has 0 aliphatic rings. The van der Waals surface area contributed by atoms with Gasteiger partial charge in [0.25, 0.3) is 0 Å². The Morgan fingerprint density at radius 1 is 1.18 bits per heavy atom. The van der Waals surface area contributed by atoms with Gasteiger partial charge in [0.1, 0.15) is 13.6 Å². The maximum absolute atomic E-state index is 12.2. The summed E-state index contributed by atoms with van der Waals surface area (Å²) >= 11 is 0. The third-order valence-electron chi connectivity index (χ3n) is 3.24. The third kappa shape index (κ3) is 3.09. The highest BCUT2D eigenvalue weighted by Gasteiger charge is 2.10. The second kappa shape index (κ2) is 6.31. The fourth-order valence-electron chi connectivity index (χ4n) is 2.16. The van der Waals surface area contributed by atoms with Crippen LogP contribution in [0.2, 0.25) is 0 Å². The summed E-state index contributed by atoms with van der Waals surface area (Å²) in [6, 6.07) is 14.4. The molecule has 2 radical (unpaired) electrons. The highest BCUT2D eigenvalue weighted by molar-refractivity contribution is 6.32. The SMILES string of the molecule is [B]c1cccc(C(=O)COc2ccccc2-c2cnc[nH]2)c1. The van der Waals surface area contributed by atoms with E-state index in [1.54, 1.807) is 36.8 Å². The zero-order chi connectivity index (χ0) is 15.4. The maximum atomic E-state index is 12.2. The van der Waals surface area contributed by atoms with Crippen molar-refractivity contribution < 1.29 is 9.53 Å². The minimum atomic E-state index is -0.119. The monoisotopic (exact) mass is 288 g/mol. The smallest absolute Gasteiger partial charge is 0.200 e. The largest absolute Gasteiger partial charge is 0.485 e. The molecule has 5 heteroatoms. The van der Waals surface area contributed by atoms with Gasteiger partial charge in [-0.1, -0.05) is 41.9 Å². The van der Waals surface area contributed by atoms with Crippen molar-refractivity contribution in [2.45, 2.75) is 0 Å². The summed E-state index contributed by atoms with van der Waals surface area (Å²) in [7, 11) is 5.69. The lowest BCUT2D eigenvalue weighted by atomic mass is 9.93. The summed E-state index contributed by atoms with van der Waals surface area (Å²) in [5, 5.41) is 0. The molecule has 106 valence electrons. The van der Waals surface area contributed by atoms with E-state index in [2.05, 4.69) is 9.97 Å². The number of ether oxygens (including phenoxy) is 1. The number of para-hydroxylation sites is 1. The van der Waals surface area contributed by atoms with Crippen molar-refractivity contribution in [3.05, 3.63) is 66.6 Å². The predicted molar refractivity (Wildman–Crippen MR) is 85.7 cm³/mol. The number of carbonyl (C=O) groups is 1. The molecule has 0 spiro atoms. The first kappa shape index (κ1) is 14.1. The van der Waals surface area contributed by atoms with Crippen LogP contribution in [-0.4, -0.2) is 30.2 Å². The van der Waals surface area contributed by atoms with Crippen LogP contribution in [0, 0.1) is 0 Å². The van der Waals surface area contributed by atoms with E-state index in [0.717, 1.165) is 11.3 Å². The molecule has 0 unspecified atom stereocenters. The highest BCUT2D eigenvalue weighted by atomic mass is 16.5. The summed E-state index contributed by atoms with van der Waals surface area (Å²) in [6.07, 6.45) is 3.31. The molecule has 3 rings (SSSR count). The fourth-order valence-corrected chi connectivity index (χ4v) is 2.16. The topological polar surface area (TPSA) is 55.0 Å². The van der Waals surface area contributed by atoms with Crippen molar-refractivity contribution in [2.24, 2.45) is 0 Å². The van der Waals surface area contributed by atoms with Crippen LogP contribution >= 0.6 is 0 Å². The van der Waals surface area contributed by atoms with Crippen molar-refractivity contribution in [3.8, 4) is 17.0 Å². The molecule has 3 aromatic rings. The molecule has 22 heavy (non-hydrogen) atoms. The zero-order valence-corrected chi connectivity index (χ0v) is 11.8. The summed E-state index contributed by atoms with van der Waals surface area (Å²) in [6.45, 7) is -0.0470. The molecule has 4 nitrogen and oxygen atoms in total. The molecule has 0 atom stereocenters. The van der Waals surface area contributed by atoms with Gasteiger partial charge in [-0.15, -0.1) is 0 Å². The van der Waals surface area contributed by atoms with Crippen molar-refractivity contribution in [2.75, 3.05) is 6.61 Å². The number of carbonyl (C=O) groups excluding carboxylic acids is 1.